The Hall–Kier alpha value is -1.81. The van der Waals surface area contributed by atoms with Crippen LogP contribution < -0.4 is 10.5 Å². The predicted molar refractivity (Wildman–Crippen MR) is 71.7 cm³/mol. The van der Waals surface area contributed by atoms with Gasteiger partial charge in [-0.25, -0.2) is 0 Å². The molecule has 2 aromatic rings. The van der Waals surface area contributed by atoms with Gasteiger partial charge in [-0.2, -0.15) is 5.10 Å². The summed E-state index contributed by atoms with van der Waals surface area (Å²) >= 11 is 0. The predicted octanol–water partition coefficient (Wildman–Crippen LogP) is 2.85. The maximum atomic E-state index is 5.81. The van der Waals surface area contributed by atoms with Crippen molar-refractivity contribution in [2.75, 3.05) is 0 Å². The molecule has 4 heteroatoms. The van der Waals surface area contributed by atoms with Crippen molar-refractivity contribution < 1.29 is 4.74 Å². The molecule has 0 unspecified atom stereocenters. The number of nitrogens with zero attached hydrogens (tertiary/aromatic N) is 2. The van der Waals surface area contributed by atoms with Gasteiger partial charge in [-0.3, -0.25) is 4.68 Å². The Morgan fingerprint density at radius 1 is 1.39 bits per heavy atom. The van der Waals surface area contributed by atoms with Crippen molar-refractivity contribution >= 4 is 0 Å². The molecule has 0 aliphatic rings. The zero-order valence-corrected chi connectivity index (χ0v) is 10.9. The molecule has 0 saturated heterocycles. The molecule has 0 spiro atoms. The molecule has 0 fully saturated rings. The Labute approximate surface area is 107 Å². The molecule has 1 aromatic heterocycles. The van der Waals surface area contributed by atoms with E-state index in [0.29, 0.717) is 6.54 Å². The number of ether oxygens (including phenoxy) is 1. The minimum atomic E-state index is 0.551. The van der Waals surface area contributed by atoms with Gasteiger partial charge in [-0.05, 0) is 30.5 Å². The molecule has 0 aliphatic heterocycles. The Kier molecular flexibility index (Phi) is 3.99. The van der Waals surface area contributed by atoms with Crippen molar-refractivity contribution in [1.82, 2.24) is 9.78 Å². The lowest BCUT2D eigenvalue weighted by Crippen LogP contribution is -1.97. The van der Waals surface area contributed by atoms with Gasteiger partial charge in [-0.1, -0.05) is 19.1 Å². The van der Waals surface area contributed by atoms with Gasteiger partial charge in [0.25, 0.3) is 0 Å². The standard InChI is InChI=1S/C14H19N3O/c1-3-6-17-10-13(9-16-17)18-14-5-4-12(8-15)7-11(14)2/h4-5,7,9-10H,3,6,8,15H2,1-2H3. The van der Waals surface area contributed by atoms with Crippen molar-refractivity contribution in [3.05, 3.63) is 41.7 Å². The van der Waals surface area contributed by atoms with Crippen molar-refractivity contribution in [1.29, 1.82) is 0 Å². The first-order chi connectivity index (χ1) is 8.72. The second kappa shape index (κ2) is 5.69. The molecule has 2 N–H and O–H groups in total. The summed E-state index contributed by atoms with van der Waals surface area (Å²) in [4.78, 5) is 0. The summed E-state index contributed by atoms with van der Waals surface area (Å²) in [5.74, 6) is 1.62. The van der Waals surface area contributed by atoms with Gasteiger partial charge in [0.15, 0.2) is 5.75 Å². The van der Waals surface area contributed by atoms with E-state index in [9.17, 15) is 0 Å². The van der Waals surface area contributed by atoms with Crippen LogP contribution in [0.5, 0.6) is 11.5 Å². The summed E-state index contributed by atoms with van der Waals surface area (Å²) in [6, 6.07) is 5.99. The molecule has 0 aliphatic carbocycles. The molecule has 4 nitrogen and oxygen atoms in total. The maximum absolute atomic E-state index is 5.81. The molecule has 0 amide bonds. The minimum absolute atomic E-state index is 0.551. The highest BCUT2D eigenvalue weighted by atomic mass is 16.5. The van der Waals surface area contributed by atoms with Gasteiger partial charge in [0.2, 0.25) is 0 Å². The van der Waals surface area contributed by atoms with Crippen LogP contribution in [-0.4, -0.2) is 9.78 Å². The maximum Gasteiger partial charge on any atom is 0.165 e. The SMILES string of the molecule is CCCn1cc(Oc2ccc(CN)cc2C)cn1. The van der Waals surface area contributed by atoms with E-state index >= 15 is 0 Å². The molecule has 0 saturated carbocycles. The normalized spacial score (nSPS) is 10.6. The molecule has 1 heterocycles. The van der Waals surface area contributed by atoms with Gasteiger partial charge in [-0.15, -0.1) is 0 Å². The number of nitrogens with two attached hydrogens (primary N) is 1. The van der Waals surface area contributed by atoms with Crippen LogP contribution in [0.15, 0.2) is 30.6 Å². The zero-order chi connectivity index (χ0) is 13.0. The monoisotopic (exact) mass is 245 g/mol. The lowest BCUT2D eigenvalue weighted by molar-refractivity contribution is 0.476. The molecule has 18 heavy (non-hydrogen) atoms. The summed E-state index contributed by atoms with van der Waals surface area (Å²) in [7, 11) is 0. The van der Waals surface area contributed by atoms with E-state index in [1.165, 1.54) is 0 Å². The first-order valence-corrected chi connectivity index (χ1v) is 6.23. The molecule has 96 valence electrons. The molecule has 0 bridgehead atoms. The van der Waals surface area contributed by atoms with Crippen LogP contribution in [0.25, 0.3) is 0 Å². The molecule has 1 aromatic carbocycles. The zero-order valence-electron chi connectivity index (χ0n) is 10.9. The lowest BCUT2D eigenvalue weighted by atomic mass is 10.1. The largest absolute Gasteiger partial charge is 0.454 e. The van der Waals surface area contributed by atoms with Crippen LogP contribution in [0, 0.1) is 6.92 Å². The van der Waals surface area contributed by atoms with Gasteiger partial charge in [0.05, 0.1) is 12.4 Å². The van der Waals surface area contributed by atoms with Crippen LogP contribution in [0.4, 0.5) is 0 Å². The molecule has 0 atom stereocenters. The van der Waals surface area contributed by atoms with E-state index in [1.807, 2.05) is 36.0 Å². The van der Waals surface area contributed by atoms with E-state index in [2.05, 4.69) is 12.0 Å². The summed E-state index contributed by atoms with van der Waals surface area (Å²) in [5.41, 5.74) is 7.80. The fourth-order valence-electron chi connectivity index (χ4n) is 1.83. The quantitative estimate of drug-likeness (QED) is 0.881. The number of aryl methyl sites for hydroxylation is 2. The highest BCUT2D eigenvalue weighted by Crippen LogP contribution is 2.25. The smallest absolute Gasteiger partial charge is 0.165 e. The first-order valence-electron chi connectivity index (χ1n) is 6.23. The average molecular weight is 245 g/mol. The molecular weight excluding hydrogens is 226 g/mol. The summed E-state index contributed by atoms with van der Waals surface area (Å²) in [6.45, 7) is 5.60. The molecule has 2 rings (SSSR count). The van der Waals surface area contributed by atoms with Gasteiger partial charge in [0, 0.05) is 13.1 Å². The minimum Gasteiger partial charge on any atom is -0.454 e. The highest BCUT2D eigenvalue weighted by Gasteiger charge is 2.04. The Morgan fingerprint density at radius 2 is 2.22 bits per heavy atom. The van der Waals surface area contributed by atoms with Crippen molar-refractivity contribution in [2.45, 2.75) is 33.4 Å². The van der Waals surface area contributed by atoms with Crippen LogP contribution in [0.1, 0.15) is 24.5 Å². The third-order valence-electron chi connectivity index (χ3n) is 2.77. The second-order valence-corrected chi connectivity index (χ2v) is 4.35. The van der Waals surface area contributed by atoms with E-state index in [4.69, 9.17) is 10.5 Å². The second-order valence-electron chi connectivity index (χ2n) is 4.35. The Balaban J connectivity index is 2.12. The highest BCUT2D eigenvalue weighted by molar-refractivity contribution is 5.38. The first kappa shape index (κ1) is 12.6. The van der Waals surface area contributed by atoms with Crippen molar-refractivity contribution in [3.63, 3.8) is 0 Å². The van der Waals surface area contributed by atoms with Gasteiger partial charge >= 0.3 is 0 Å². The average Bonchev–Trinajstić information content (AvgIpc) is 2.80. The third-order valence-corrected chi connectivity index (χ3v) is 2.77. The van der Waals surface area contributed by atoms with Crippen LogP contribution in [0.3, 0.4) is 0 Å². The number of aromatic nitrogens is 2. The van der Waals surface area contributed by atoms with Crippen molar-refractivity contribution in [3.8, 4) is 11.5 Å². The van der Waals surface area contributed by atoms with Crippen LogP contribution in [-0.2, 0) is 13.1 Å². The van der Waals surface area contributed by atoms with Crippen LogP contribution in [0.2, 0.25) is 0 Å². The number of hydrogen-bond donors (Lipinski definition) is 1. The third kappa shape index (κ3) is 2.90. The fourth-order valence-corrected chi connectivity index (χ4v) is 1.83. The van der Waals surface area contributed by atoms with E-state index in [0.717, 1.165) is 35.6 Å². The number of hydrogen-bond acceptors (Lipinski definition) is 3. The Morgan fingerprint density at radius 3 is 2.89 bits per heavy atom. The Bertz CT molecular complexity index is 520. The summed E-state index contributed by atoms with van der Waals surface area (Å²) in [6.07, 6.45) is 4.72. The fraction of sp³-hybridized carbons (Fsp3) is 0.357. The topological polar surface area (TPSA) is 53.1 Å². The van der Waals surface area contributed by atoms with E-state index in [1.54, 1.807) is 6.20 Å². The summed E-state index contributed by atoms with van der Waals surface area (Å²) in [5, 5.41) is 4.24. The van der Waals surface area contributed by atoms with Gasteiger partial charge < -0.3 is 10.5 Å². The van der Waals surface area contributed by atoms with Gasteiger partial charge in [0.1, 0.15) is 5.75 Å². The summed E-state index contributed by atoms with van der Waals surface area (Å²) < 4.78 is 7.70. The lowest BCUT2D eigenvalue weighted by Gasteiger charge is -2.07. The number of benzene rings is 1. The van der Waals surface area contributed by atoms with Crippen LogP contribution >= 0.6 is 0 Å². The van der Waals surface area contributed by atoms with Crippen molar-refractivity contribution in [2.24, 2.45) is 5.73 Å². The number of rotatable bonds is 5. The molecular formula is C14H19N3O. The van der Waals surface area contributed by atoms with E-state index in [-0.39, 0.29) is 0 Å². The van der Waals surface area contributed by atoms with E-state index < -0.39 is 0 Å². The molecule has 0 radical (unpaired) electrons.